The zero-order chi connectivity index (χ0) is 23.1. The first-order valence-electron chi connectivity index (χ1n) is 11.0. The minimum absolute atomic E-state index is 0.363. The number of carbonyl (C=O) groups is 1. The normalized spacial score (nSPS) is 11.1. The molecule has 0 radical (unpaired) electrons. The summed E-state index contributed by atoms with van der Waals surface area (Å²) in [5.74, 6) is 1.85. The Hall–Kier alpha value is -2.86. The first-order valence-corrected chi connectivity index (χ1v) is 11.4. The zero-order valence-corrected chi connectivity index (χ0v) is 19.9. The van der Waals surface area contributed by atoms with Crippen molar-refractivity contribution in [1.29, 1.82) is 0 Å². The van der Waals surface area contributed by atoms with Crippen LogP contribution in [-0.4, -0.2) is 27.3 Å². The number of esters is 1. The van der Waals surface area contributed by atoms with E-state index >= 15 is 0 Å². The lowest BCUT2D eigenvalue weighted by Crippen LogP contribution is -2.07. The summed E-state index contributed by atoms with van der Waals surface area (Å²) in [6, 6.07) is 9.22. The molecule has 0 spiro atoms. The molecule has 2 aromatic heterocycles. The van der Waals surface area contributed by atoms with Crippen LogP contribution in [0.2, 0.25) is 5.02 Å². The van der Waals surface area contributed by atoms with Crippen LogP contribution in [0.1, 0.15) is 62.8 Å². The van der Waals surface area contributed by atoms with Gasteiger partial charge in [0.1, 0.15) is 0 Å². The number of carbonyl (C=O) groups excluding carboxylic acids is 1. The monoisotopic (exact) mass is 455 g/mol. The van der Waals surface area contributed by atoms with Gasteiger partial charge in [-0.05, 0) is 61.9 Å². The van der Waals surface area contributed by atoms with Gasteiger partial charge in [0.25, 0.3) is 0 Å². The van der Waals surface area contributed by atoms with Gasteiger partial charge in [-0.25, -0.2) is 9.67 Å². The first-order chi connectivity index (χ1) is 15.4. The van der Waals surface area contributed by atoms with Crippen molar-refractivity contribution in [2.75, 3.05) is 6.61 Å². The molecular formula is C25H30ClN3O3. The second-order valence-electron chi connectivity index (χ2n) is 7.78. The quantitative estimate of drug-likeness (QED) is 0.211. The molecule has 3 rings (SSSR count). The molecule has 3 aromatic rings. The summed E-state index contributed by atoms with van der Waals surface area (Å²) in [4.78, 5) is 15.8. The highest BCUT2D eigenvalue weighted by Gasteiger charge is 2.18. The summed E-state index contributed by atoms with van der Waals surface area (Å²) < 4.78 is 13.1. The van der Waals surface area contributed by atoms with Gasteiger partial charge in [-0.3, -0.25) is 4.79 Å². The fourth-order valence-corrected chi connectivity index (χ4v) is 3.85. The molecule has 0 unspecified atom stereocenters. The largest absolute Gasteiger partial charge is 0.489 e. The SMILES string of the molecule is CCC(CC)c1nn(-c2ccc(Cl)cn2)cc1CCCOc1c(C)cccc1OC(C)=O. The Morgan fingerprint density at radius 1 is 1.19 bits per heavy atom. The van der Waals surface area contributed by atoms with Crippen molar-refractivity contribution in [3.63, 3.8) is 0 Å². The van der Waals surface area contributed by atoms with Crippen LogP contribution in [0.3, 0.4) is 0 Å². The van der Waals surface area contributed by atoms with Gasteiger partial charge in [-0.1, -0.05) is 37.6 Å². The molecule has 0 aliphatic rings. The molecule has 170 valence electrons. The molecule has 0 aliphatic heterocycles. The fourth-order valence-electron chi connectivity index (χ4n) is 3.74. The van der Waals surface area contributed by atoms with E-state index in [9.17, 15) is 4.79 Å². The third-order valence-electron chi connectivity index (χ3n) is 5.41. The number of ether oxygens (including phenoxy) is 2. The van der Waals surface area contributed by atoms with Gasteiger partial charge in [-0.2, -0.15) is 5.10 Å². The van der Waals surface area contributed by atoms with Crippen LogP contribution in [0, 0.1) is 6.92 Å². The van der Waals surface area contributed by atoms with E-state index in [0.29, 0.717) is 29.0 Å². The number of aryl methyl sites for hydroxylation is 2. The summed E-state index contributed by atoms with van der Waals surface area (Å²) in [7, 11) is 0. The topological polar surface area (TPSA) is 66.2 Å². The predicted octanol–water partition coefficient (Wildman–Crippen LogP) is 6.07. The van der Waals surface area contributed by atoms with E-state index in [4.69, 9.17) is 26.2 Å². The van der Waals surface area contributed by atoms with Crippen molar-refractivity contribution in [2.24, 2.45) is 0 Å². The number of pyridine rings is 1. The molecular weight excluding hydrogens is 426 g/mol. The second-order valence-corrected chi connectivity index (χ2v) is 8.22. The highest BCUT2D eigenvalue weighted by Crippen LogP contribution is 2.31. The first kappa shape index (κ1) is 23.8. The van der Waals surface area contributed by atoms with Crippen molar-refractivity contribution in [3.8, 4) is 17.3 Å². The molecule has 0 bridgehead atoms. The van der Waals surface area contributed by atoms with Gasteiger partial charge in [0.05, 0.1) is 17.3 Å². The van der Waals surface area contributed by atoms with Crippen molar-refractivity contribution < 1.29 is 14.3 Å². The molecule has 0 fully saturated rings. The molecule has 0 aliphatic carbocycles. The van der Waals surface area contributed by atoms with Crippen molar-refractivity contribution in [2.45, 2.75) is 59.3 Å². The summed E-state index contributed by atoms with van der Waals surface area (Å²) in [5.41, 5.74) is 3.25. The lowest BCUT2D eigenvalue weighted by atomic mass is 9.95. The van der Waals surface area contributed by atoms with Crippen LogP contribution in [-0.2, 0) is 11.2 Å². The molecule has 2 heterocycles. The highest BCUT2D eigenvalue weighted by atomic mass is 35.5. The molecule has 0 N–H and O–H groups in total. The Balaban J connectivity index is 1.73. The molecule has 7 heteroatoms. The maximum absolute atomic E-state index is 11.4. The summed E-state index contributed by atoms with van der Waals surface area (Å²) >= 11 is 5.98. The fraction of sp³-hybridized carbons (Fsp3) is 0.400. The number of para-hydroxylation sites is 1. The average Bonchev–Trinajstić information content (AvgIpc) is 3.17. The van der Waals surface area contributed by atoms with Crippen molar-refractivity contribution >= 4 is 17.6 Å². The molecule has 1 aromatic carbocycles. The average molecular weight is 456 g/mol. The molecule has 6 nitrogen and oxygen atoms in total. The second kappa shape index (κ2) is 11.1. The lowest BCUT2D eigenvalue weighted by Gasteiger charge is -2.14. The Morgan fingerprint density at radius 2 is 1.97 bits per heavy atom. The van der Waals surface area contributed by atoms with Crippen molar-refractivity contribution in [1.82, 2.24) is 14.8 Å². The summed E-state index contributed by atoms with van der Waals surface area (Å²) in [6.07, 6.45) is 7.38. The van der Waals surface area contributed by atoms with E-state index in [1.807, 2.05) is 35.9 Å². The third-order valence-corrected chi connectivity index (χ3v) is 5.63. The van der Waals surface area contributed by atoms with Gasteiger partial charge in [0.2, 0.25) is 0 Å². The van der Waals surface area contributed by atoms with E-state index in [1.54, 1.807) is 12.3 Å². The predicted molar refractivity (Wildman–Crippen MR) is 126 cm³/mol. The van der Waals surface area contributed by atoms with E-state index < -0.39 is 0 Å². The Bertz CT molecular complexity index is 1040. The zero-order valence-electron chi connectivity index (χ0n) is 19.1. The highest BCUT2D eigenvalue weighted by molar-refractivity contribution is 6.30. The number of hydrogen-bond donors (Lipinski definition) is 0. The van der Waals surface area contributed by atoms with Gasteiger partial charge >= 0.3 is 5.97 Å². The number of rotatable bonds is 10. The van der Waals surface area contributed by atoms with Gasteiger partial charge in [-0.15, -0.1) is 0 Å². The Kier molecular flexibility index (Phi) is 8.28. The summed E-state index contributed by atoms with van der Waals surface area (Å²) in [6.45, 7) is 8.21. The molecule has 0 atom stereocenters. The smallest absolute Gasteiger partial charge is 0.308 e. The minimum Gasteiger partial charge on any atom is -0.489 e. The molecule has 0 saturated carbocycles. The summed E-state index contributed by atoms with van der Waals surface area (Å²) in [5, 5.41) is 5.46. The van der Waals surface area contributed by atoms with E-state index in [0.717, 1.165) is 42.8 Å². The Morgan fingerprint density at radius 3 is 2.62 bits per heavy atom. The van der Waals surface area contributed by atoms with E-state index in [-0.39, 0.29) is 5.97 Å². The molecule has 32 heavy (non-hydrogen) atoms. The van der Waals surface area contributed by atoms with Crippen LogP contribution >= 0.6 is 11.6 Å². The van der Waals surface area contributed by atoms with Crippen molar-refractivity contribution in [3.05, 3.63) is 64.6 Å². The number of nitrogens with zero attached hydrogens (tertiary/aromatic N) is 3. The van der Waals surface area contributed by atoms with Gasteiger partial charge in [0.15, 0.2) is 17.3 Å². The van der Waals surface area contributed by atoms with Crippen LogP contribution < -0.4 is 9.47 Å². The standard InChI is InChI=1S/C25H30ClN3O3/c1-5-19(6-2)24-20(16-29(28-24)23-13-12-21(26)15-27-23)10-8-14-31-25-17(3)9-7-11-22(25)32-18(4)30/h7,9,11-13,15-16,19H,5-6,8,10,14H2,1-4H3. The number of aromatic nitrogens is 3. The van der Waals surface area contributed by atoms with Crippen LogP contribution in [0.25, 0.3) is 5.82 Å². The third kappa shape index (κ3) is 5.88. The lowest BCUT2D eigenvalue weighted by molar-refractivity contribution is -0.132. The molecule has 0 saturated heterocycles. The number of hydrogen-bond acceptors (Lipinski definition) is 5. The maximum Gasteiger partial charge on any atom is 0.308 e. The minimum atomic E-state index is -0.363. The molecule has 0 amide bonds. The van der Waals surface area contributed by atoms with E-state index in [2.05, 4.69) is 25.0 Å². The van der Waals surface area contributed by atoms with E-state index in [1.165, 1.54) is 12.5 Å². The Labute approximate surface area is 194 Å². The van der Waals surface area contributed by atoms with Crippen LogP contribution in [0.15, 0.2) is 42.7 Å². The number of benzene rings is 1. The van der Waals surface area contributed by atoms with Crippen LogP contribution in [0.5, 0.6) is 11.5 Å². The number of halogens is 1. The van der Waals surface area contributed by atoms with Gasteiger partial charge in [0, 0.05) is 25.2 Å². The van der Waals surface area contributed by atoms with Gasteiger partial charge < -0.3 is 9.47 Å². The maximum atomic E-state index is 11.4. The van der Waals surface area contributed by atoms with Crippen LogP contribution in [0.4, 0.5) is 0 Å².